The van der Waals surface area contributed by atoms with Gasteiger partial charge < -0.3 is 5.11 Å². The van der Waals surface area contributed by atoms with Crippen molar-refractivity contribution >= 4 is 15.7 Å². The van der Waals surface area contributed by atoms with Gasteiger partial charge >= 0.3 is 0 Å². The lowest BCUT2D eigenvalue weighted by atomic mass is 10.0. The zero-order valence-electron chi connectivity index (χ0n) is 10.9. The molecule has 1 aliphatic carbocycles. The van der Waals surface area contributed by atoms with E-state index in [1.807, 2.05) is 0 Å². The summed E-state index contributed by atoms with van der Waals surface area (Å²) >= 11 is 0. The van der Waals surface area contributed by atoms with E-state index < -0.39 is 20.5 Å². The Morgan fingerprint density at radius 2 is 2.15 bits per heavy atom. The minimum absolute atomic E-state index is 0.107. The molecular weight excluding hydrogens is 284 g/mol. The maximum Gasteiger partial charge on any atom is 0.270 e. The largest absolute Gasteiger partial charge is 0.389 e. The number of nitro groups is 1. The topological polar surface area (TPSA) is 110 Å². The molecule has 2 rings (SSSR count). The van der Waals surface area contributed by atoms with Crippen molar-refractivity contribution in [1.82, 2.24) is 4.72 Å². The van der Waals surface area contributed by atoms with Gasteiger partial charge in [-0.15, -0.1) is 0 Å². The van der Waals surface area contributed by atoms with E-state index >= 15 is 0 Å². The monoisotopic (exact) mass is 300 g/mol. The van der Waals surface area contributed by atoms with Crippen molar-refractivity contribution in [2.24, 2.45) is 5.92 Å². The van der Waals surface area contributed by atoms with Crippen LogP contribution < -0.4 is 4.72 Å². The van der Waals surface area contributed by atoms with Crippen molar-refractivity contribution in [3.05, 3.63) is 34.4 Å². The highest BCUT2D eigenvalue weighted by molar-refractivity contribution is 7.89. The van der Waals surface area contributed by atoms with E-state index in [1.54, 1.807) is 6.92 Å². The van der Waals surface area contributed by atoms with Gasteiger partial charge in [0.2, 0.25) is 10.0 Å². The summed E-state index contributed by atoms with van der Waals surface area (Å²) in [5, 5.41) is 20.7. The maximum absolute atomic E-state index is 12.1. The molecular formula is C12H16N2O5S. The lowest BCUT2D eigenvalue weighted by molar-refractivity contribution is -0.385. The first-order chi connectivity index (χ1) is 9.22. The van der Waals surface area contributed by atoms with Crippen LogP contribution in [0, 0.1) is 16.0 Å². The van der Waals surface area contributed by atoms with Gasteiger partial charge in [-0.1, -0.05) is 6.07 Å². The summed E-state index contributed by atoms with van der Waals surface area (Å²) in [7, 11) is -3.87. The highest BCUT2D eigenvalue weighted by Crippen LogP contribution is 2.39. The number of hydrogen-bond donors (Lipinski definition) is 2. The molecule has 0 heterocycles. The van der Waals surface area contributed by atoms with Crippen LogP contribution in [0.5, 0.6) is 0 Å². The SMILES string of the molecule is CC(O)(CNS(=O)(=O)c1cccc([N+](=O)[O-])c1)C1CC1. The van der Waals surface area contributed by atoms with E-state index in [9.17, 15) is 23.6 Å². The lowest BCUT2D eigenvalue weighted by Crippen LogP contribution is -2.42. The molecule has 0 amide bonds. The van der Waals surface area contributed by atoms with Gasteiger partial charge in [0.05, 0.1) is 15.4 Å². The minimum atomic E-state index is -3.87. The number of non-ortho nitro benzene ring substituents is 1. The van der Waals surface area contributed by atoms with Gasteiger partial charge in [0.25, 0.3) is 5.69 Å². The number of nitrogens with one attached hydrogen (secondary N) is 1. The summed E-state index contributed by atoms with van der Waals surface area (Å²) < 4.78 is 26.4. The zero-order chi connectivity index (χ0) is 15.0. The average Bonchev–Trinajstić information content (AvgIpc) is 3.21. The predicted molar refractivity (Wildman–Crippen MR) is 71.6 cm³/mol. The predicted octanol–water partition coefficient (Wildman–Crippen LogP) is 1.03. The molecule has 0 radical (unpaired) electrons. The Morgan fingerprint density at radius 3 is 2.70 bits per heavy atom. The van der Waals surface area contributed by atoms with Crippen molar-refractivity contribution in [2.45, 2.75) is 30.3 Å². The third-order valence-electron chi connectivity index (χ3n) is 3.42. The van der Waals surface area contributed by atoms with E-state index in [0.29, 0.717) is 0 Å². The van der Waals surface area contributed by atoms with E-state index in [0.717, 1.165) is 18.9 Å². The zero-order valence-corrected chi connectivity index (χ0v) is 11.8. The quantitative estimate of drug-likeness (QED) is 0.602. The smallest absolute Gasteiger partial charge is 0.270 e. The highest BCUT2D eigenvalue weighted by atomic mass is 32.2. The summed E-state index contributed by atoms with van der Waals surface area (Å²) in [6.45, 7) is 1.48. The van der Waals surface area contributed by atoms with Crippen molar-refractivity contribution in [2.75, 3.05) is 6.54 Å². The lowest BCUT2D eigenvalue weighted by Gasteiger charge is -2.23. The number of sulfonamides is 1. The second kappa shape index (κ2) is 5.12. The van der Waals surface area contributed by atoms with Crippen LogP contribution >= 0.6 is 0 Å². The molecule has 0 saturated heterocycles. The molecule has 1 fully saturated rings. The average molecular weight is 300 g/mol. The van der Waals surface area contributed by atoms with Gasteiger partial charge in [0, 0.05) is 18.7 Å². The molecule has 1 atom stereocenters. The third kappa shape index (κ3) is 3.33. The van der Waals surface area contributed by atoms with Crippen molar-refractivity contribution in [3.63, 3.8) is 0 Å². The first kappa shape index (κ1) is 14.9. The standard InChI is InChI=1S/C12H16N2O5S/c1-12(15,9-5-6-9)8-13-20(18,19)11-4-2-3-10(7-11)14(16)17/h2-4,7,9,13,15H,5-6,8H2,1H3. The van der Waals surface area contributed by atoms with Crippen molar-refractivity contribution in [1.29, 1.82) is 0 Å². The van der Waals surface area contributed by atoms with Crippen LogP contribution in [0.4, 0.5) is 5.69 Å². The molecule has 20 heavy (non-hydrogen) atoms. The van der Waals surface area contributed by atoms with Gasteiger partial charge in [-0.25, -0.2) is 13.1 Å². The van der Waals surface area contributed by atoms with Crippen LogP contribution in [0.2, 0.25) is 0 Å². The first-order valence-corrected chi connectivity index (χ1v) is 7.67. The van der Waals surface area contributed by atoms with E-state index in [4.69, 9.17) is 0 Å². The van der Waals surface area contributed by atoms with Crippen LogP contribution in [-0.4, -0.2) is 30.6 Å². The van der Waals surface area contributed by atoms with Crippen LogP contribution in [-0.2, 0) is 10.0 Å². The number of nitro benzene ring substituents is 1. The third-order valence-corrected chi connectivity index (χ3v) is 4.81. The summed E-state index contributed by atoms with van der Waals surface area (Å²) in [6.07, 6.45) is 1.76. The van der Waals surface area contributed by atoms with E-state index in [1.165, 1.54) is 18.2 Å². The molecule has 110 valence electrons. The van der Waals surface area contributed by atoms with Crippen LogP contribution in [0.1, 0.15) is 19.8 Å². The molecule has 1 aliphatic rings. The van der Waals surface area contributed by atoms with Crippen LogP contribution in [0.25, 0.3) is 0 Å². The Hall–Kier alpha value is -1.51. The molecule has 1 unspecified atom stereocenters. The number of benzene rings is 1. The normalized spacial score (nSPS) is 18.5. The molecule has 1 aromatic carbocycles. The highest BCUT2D eigenvalue weighted by Gasteiger charge is 2.40. The van der Waals surface area contributed by atoms with Crippen molar-refractivity contribution < 1.29 is 18.4 Å². The van der Waals surface area contributed by atoms with E-state index in [-0.39, 0.29) is 23.0 Å². The molecule has 7 nitrogen and oxygen atoms in total. The summed E-state index contributed by atoms with van der Waals surface area (Å²) in [4.78, 5) is 9.81. The molecule has 1 aromatic rings. The molecule has 0 bridgehead atoms. The van der Waals surface area contributed by atoms with E-state index in [2.05, 4.69) is 4.72 Å². The summed E-state index contributed by atoms with van der Waals surface area (Å²) in [5.74, 6) is 0.107. The Balaban J connectivity index is 2.13. The second-order valence-electron chi connectivity index (χ2n) is 5.21. The Bertz CT molecular complexity index is 622. The van der Waals surface area contributed by atoms with Crippen molar-refractivity contribution in [3.8, 4) is 0 Å². The fraction of sp³-hybridized carbons (Fsp3) is 0.500. The molecule has 0 spiro atoms. The first-order valence-electron chi connectivity index (χ1n) is 6.19. The van der Waals surface area contributed by atoms with Gasteiger partial charge in [0.1, 0.15) is 0 Å². The number of aliphatic hydroxyl groups is 1. The van der Waals surface area contributed by atoms with Gasteiger partial charge in [-0.05, 0) is 31.7 Å². The molecule has 8 heteroatoms. The Morgan fingerprint density at radius 1 is 1.50 bits per heavy atom. The number of nitrogens with zero attached hydrogens (tertiary/aromatic N) is 1. The van der Waals surface area contributed by atoms with Gasteiger partial charge in [0.15, 0.2) is 0 Å². The Labute approximate surface area is 116 Å². The Kier molecular flexibility index (Phi) is 3.81. The fourth-order valence-corrected chi connectivity index (χ4v) is 3.12. The molecule has 1 saturated carbocycles. The summed E-state index contributed by atoms with van der Waals surface area (Å²) in [5.41, 5.74) is -1.38. The fourth-order valence-electron chi connectivity index (χ4n) is 1.94. The molecule has 2 N–H and O–H groups in total. The van der Waals surface area contributed by atoms with Gasteiger partial charge in [-0.3, -0.25) is 10.1 Å². The summed E-state index contributed by atoms with van der Waals surface area (Å²) in [6, 6.07) is 4.81. The second-order valence-corrected chi connectivity index (χ2v) is 6.98. The molecule has 0 aromatic heterocycles. The number of hydrogen-bond acceptors (Lipinski definition) is 5. The number of rotatable bonds is 6. The maximum atomic E-state index is 12.1. The molecule has 0 aliphatic heterocycles. The van der Waals surface area contributed by atoms with Crippen LogP contribution in [0.3, 0.4) is 0 Å². The minimum Gasteiger partial charge on any atom is -0.389 e. The van der Waals surface area contributed by atoms with Gasteiger partial charge in [-0.2, -0.15) is 0 Å². The van der Waals surface area contributed by atoms with Crippen LogP contribution in [0.15, 0.2) is 29.2 Å².